The molecule has 0 saturated heterocycles. The van der Waals surface area contributed by atoms with Crippen LogP contribution < -0.4 is 16.0 Å². The van der Waals surface area contributed by atoms with E-state index in [1.807, 2.05) is 43.3 Å². The normalized spacial score (nSPS) is 11.2. The van der Waals surface area contributed by atoms with Gasteiger partial charge in [0, 0.05) is 16.1 Å². The van der Waals surface area contributed by atoms with E-state index < -0.39 is 11.2 Å². The van der Waals surface area contributed by atoms with Crippen LogP contribution in [0, 0.1) is 0 Å². The number of hydrogen-bond donors (Lipinski definition) is 1. The van der Waals surface area contributed by atoms with Crippen molar-refractivity contribution in [3.05, 3.63) is 74.4 Å². The molecule has 7 heteroatoms. The van der Waals surface area contributed by atoms with E-state index in [1.54, 1.807) is 16.7 Å². The molecule has 4 rings (SSSR count). The fraction of sp³-hybridized carbons (Fsp3) is 0.105. The van der Waals surface area contributed by atoms with Gasteiger partial charge in [-0.05, 0) is 49.4 Å². The number of aromatic nitrogens is 3. The summed E-state index contributed by atoms with van der Waals surface area (Å²) in [6.45, 7) is 2.48. The second kappa shape index (κ2) is 6.31. The van der Waals surface area contributed by atoms with Crippen molar-refractivity contribution in [3.8, 4) is 22.8 Å². The standard InChI is InChI=1S/C19H14ClN3O3/c1-2-26-12-8-6-11(7-9-12)23-16-5-3-4-15(20)13(16)10-14-17(23)21-19(25)22-18(14)24/h3-10H,2H2,1H3,(H,22,24,25). The van der Waals surface area contributed by atoms with Crippen molar-refractivity contribution in [2.75, 3.05) is 6.61 Å². The SMILES string of the molecule is CCOc1ccc(-n2c3nc(=O)[nH]c(=O)c-3cc3c(Cl)cccc32)cc1. The van der Waals surface area contributed by atoms with Gasteiger partial charge in [0.15, 0.2) is 5.82 Å². The largest absolute Gasteiger partial charge is 0.494 e. The van der Waals surface area contributed by atoms with Gasteiger partial charge in [0.1, 0.15) is 5.75 Å². The second-order valence-electron chi connectivity index (χ2n) is 5.69. The van der Waals surface area contributed by atoms with E-state index in [4.69, 9.17) is 16.3 Å². The molecule has 0 saturated carbocycles. The molecule has 130 valence electrons. The molecular weight excluding hydrogens is 354 g/mol. The van der Waals surface area contributed by atoms with Crippen molar-refractivity contribution in [2.45, 2.75) is 6.92 Å². The molecular formula is C19H14ClN3O3. The second-order valence-corrected chi connectivity index (χ2v) is 6.09. The lowest BCUT2D eigenvalue weighted by Gasteiger charge is -2.18. The first kappa shape index (κ1) is 16.4. The summed E-state index contributed by atoms with van der Waals surface area (Å²) in [5.41, 5.74) is 0.583. The molecule has 0 bridgehead atoms. The smallest absolute Gasteiger partial charge is 0.349 e. The number of pyridine rings is 1. The van der Waals surface area contributed by atoms with Crippen LogP contribution in [0.5, 0.6) is 5.75 Å². The van der Waals surface area contributed by atoms with Crippen LogP contribution >= 0.6 is 11.6 Å². The Morgan fingerprint density at radius 1 is 1.15 bits per heavy atom. The van der Waals surface area contributed by atoms with Gasteiger partial charge in [-0.3, -0.25) is 14.3 Å². The van der Waals surface area contributed by atoms with E-state index in [0.29, 0.717) is 22.6 Å². The molecule has 6 nitrogen and oxygen atoms in total. The van der Waals surface area contributed by atoms with Crippen LogP contribution in [0.1, 0.15) is 6.92 Å². The molecule has 0 amide bonds. The summed E-state index contributed by atoms with van der Waals surface area (Å²) >= 11 is 6.34. The number of aromatic amines is 1. The third kappa shape index (κ3) is 2.64. The maximum Gasteiger partial charge on any atom is 0.349 e. The molecule has 2 aromatic carbocycles. The summed E-state index contributed by atoms with van der Waals surface area (Å²) in [5, 5.41) is 1.20. The molecule has 2 aliphatic rings. The lowest BCUT2D eigenvalue weighted by Crippen LogP contribution is -2.27. The summed E-state index contributed by atoms with van der Waals surface area (Å²) in [7, 11) is 0. The monoisotopic (exact) mass is 367 g/mol. The highest BCUT2D eigenvalue weighted by molar-refractivity contribution is 6.35. The number of nitrogens with one attached hydrogen (secondary N) is 1. The topological polar surface area (TPSA) is 77.0 Å². The number of fused-ring (bicyclic) bond motifs is 2. The number of benzene rings is 2. The Morgan fingerprint density at radius 2 is 1.92 bits per heavy atom. The van der Waals surface area contributed by atoms with E-state index in [1.165, 1.54) is 0 Å². The molecule has 2 heterocycles. The average Bonchev–Trinajstić information content (AvgIpc) is 2.62. The van der Waals surface area contributed by atoms with Crippen molar-refractivity contribution in [3.63, 3.8) is 0 Å². The summed E-state index contributed by atoms with van der Waals surface area (Å²) in [6, 6.07) is 14.4. The third-order valence-electron chi connectivity index (χ3n) is 4.09. The predicted molar refractivity (Wildman–Crippen MR) is 101 cm³/mol. The van der Waals surface area contributed by atoms with Gasteiger partial charge in [0.25, 0.3) is 5.56 Å². The van der Waals surface area contributed by atoms with E-state index >= 15 is 0 Å². The Balaban J connectivity index is 2.12. The van der Waals surface area contributed by atoms with Crippen LogP contribution in [0.2, 0.25) is 5.02 Å². The molecule has 0 atom stereocenters. The molecule has 0 radical (unpaired) electrons. The molecule has 1 N–H and O–H groups in total. The highest BCUT2D eigenvalue weighted by Crippen LogP contribution is 2.32. The lowest BCUT2D eigenvalue weighted by molar-refractivity contribution is 0.340. The van der Waals surface area contributed by atoms with Crippen LogP contribution in [0.15, 0.2) is 58.1 Å². The minimum absolute atomic E-state index is 0.276. The van der Waals surface area contributed by atoms with Crippen molar-refractivity contribution in [2.24, 2.45) is 0 Å². The average molecular weight is 368 g/mol. The minimum Gasteiger partial charge on any atom is -0.494 e. The van der Waals surface area contributed by atoms with Gasteiger partial charge in [0.05, 0.1) is 17.7 Å². The van der Waals surface area contributed by atoms with Gasteiger partial charge >= 0.3 is 5.69 Å². The van der Waals surface area contributed by atoms with Gasteiger partial charge in [-0.25, -0.2) is 4.79 Å². The molecule has 26 heavy (non-hydrogen) atoms. The van der Waals surface area contributed by atoms with Crippen LogP contribution in [0.3, 0.4) is 0 Å². The Labute approximate surface area is 153 Å². The zero-order valence-corrected chi connectivity index (χ0v) is 14.6. The predicted octanol–water partition coefficient (Wildman–Crippen LogP) is 3.23. The zero-order chi connectivity index (χ0) is 18.3. The molecule has 2 aromatic rings. The first-order chi connectivity index (χ1) is 12.6. The number of nitrogens with zero attached hydrogens (tertiary/aromatic N) is 2. The summed E-state index contributed by atoms with van der Waals surface area (Å²) in [5.74, 6) is 1.01. The molecule has 0 aliphatic carbocycles. The van der Waals surface area contributed by atoms with Crippen molar-refractivity contribution in [1.29, 1.82) is 0 Å². The highest BCUT2D eigenvalue weighted by atomic mass is 35.5. The van der Waals surface area contributed by atoms with Gasteiger partial charge < -0.3 is 4.74 Å². The lowest BCUT2D eigenvalue weighted by atomic mass is 10.1. The first-order valence-electron chi connectivity index (χ1n) is 8.06. The number of H-pyrrole nitrogens is 1. The van der Waals surface area contributed by atoms with Crippen molar-refractivity contribution >= 4 is 22.5 Å². The highest BCUT2D eigenvalue weighted by Gasteiger charge is 2.19. The third-order valence-corrected chi connectivity index (χ3v) is 4.42. The Hall–Kier alpha value is -3.12. The Kier molecular flexibility index (Phi) is 3.97. The molecule has 0 spiro atoms. The van der Waals surface area contributed by atoms with Crippen LogP contribution in [-0.4, -0.2) is 21.1 Å². The van der Waals surface area contributed by atoms with Crippen molar-refractivity contribution < 1.29 is 4.74 Å². The van der Waals surface area contributed by atoms with Crippen molar-refractivity contribution in [1.82, 2.24) is 14.5 Å². The fourth-order valence-electron chi connectivity index (χ4n) is 2.99. The molecule has 0 unspecified atom stereocenters. The minimum atomic E-state index is -0.691. The summed E-state index contributed by atoms with van der Waals surface area (Å²) in [6.07, 6.45) is 0. The van der Waals surface area contributed by atoms with Gasteiger partial charge in [-0.1, -0.05) is 17.7 Å². The molecule has 0 aromatic heterocycles. The van der Waals surface area contributed by atoms with Gasteiger partial charge in [-0.2, -0.15) is 4.98 Å². The van der Waals surface area contributed by atoms with Crippen LogP contribution in [0.25, 0.3) is 28.0 Å². The number of rotatable bonds is 3. The molecule has 0 fully saturated rings. The van der Waals surface area contributed by atoms with Gasteiger partial charge in [0.2, 0.25) is 0 Å². The first-order valence-corrected chi connectivity index (χ1v) is 8.44. The fourth-order valence-corrected chi connectivity index (χ4v) is 3.22. The molecule has 2 aliphatic heterocycles. The van der Waals surface area contributed by atoms with E-state index in [2.05, 4.69) is 9.97 Å². The Bertz CT molecular complexity index is 1200. The Morgan fingerprint density at radius 3 is 2.65 bits per heavy atom. The van der Waals surface area contributed by atoms with Crippen LogP contribution in [-0.2, 0) is 0 Å². The number of halogens is 1. The van der Waals surface area contributed by atoms with E-state index in [9.17, 15) is 9.59 Å². The van der Waals surface area contributed by atoms with E-state index in [-0.39, 0.29) is 5.82 Å². The quantitative estimate of drug-likeness (QED) is 0.564. The maximum absolute atomic E-state index is 12.3. The number of hydrogen-bond acceptors (Lipinski definition) is 4. The zero-order valence-electron chi connectivity index (χ0n) is 13.8. The summed E-state index contributed by atoms with van der Waals surface area (Å²) < 4.78 is 7.23. The van der Waals surface area contributed by atoms with Gasteiger partial charge in [-0.15, -0.1) is 0 Å². The maximum atomic E-state index is 12.3. The van der Waals surface area contributed by atoms with Crippen LogP contribution in [0.4, 0.5) is 0 Å². The summed E-state index contributed by atoms with van der Waals surface area (Å²) in [4.78, 5) is 30.3. The number of ether oxygens (including phenoxy) is 1. The van der Waals surface area contributed by atoms with E-state index in [0.717, 1.165) is 17.0 Å².